The van der Waals surface area contributed by atoms with Crippen molar-refractivity contribution < 1.29 is 23.5 Å². The largest absolute Gasteiger partial charge is 0.477 e. The molecule has 0 aliphatic heterocycles. The molecule has 0 aromatic heterocycles. The van der Waals surface area contributed by atoms with Gasteiger partial charge in [0.2, 0.25) is 5.91 Å². The molecule has 0 aliphatic carbocycles. The summed E-state index contributed by atoms with van der Waals surface area (Å²) in [6, 6.07) is 2.61. The van der Waals surface area contributed by atoms with Crippen LogP contribution < -0.4 is 5.32 Å². The highest BCUT2D eigenvalue weighted by Gasteiger charge is 2.11. The molecule has 0 heterocycles. The van der Waals surface area contributed by atoms with Gasteiger partial charge in [0, 0.05) is 12.5 Å². The molecule has 0 unspecified atom stereocenters. The number of rotatable bonds is 3. The number of carboxylic acid groups (broad SMARTS) is 1. The van der Waals surface area contributed by atoms with Crippen LogP contribution >= 0.6 is 0 Å². The summed E-state index contributed by atoms with van der Waals surface area (Å²) in [7, 11) is 0. The number of nitrogens with one attached hydrogen (secondary N) is 1. The van der Waals surface area contributed by atoms with Crippen LogP contribution in [0.4, 0.5) is 8.78 Å². The minimum Gasteiger partial charge on any atom is -0.477 e. The molecule has 0 spiro atoms. The molecular formula is C11H9F2NO3. The Hall–Kier alpha value is -2.24. The first-order valence-corrected chi connectivity index (χ1v) is 4.58. The van der Waals surface area contributed by atoms with Gasteiger partial charge in [0.25, 0.3) is 0 Å². The predicted molar refractivity (Wildman–Crippen MR) is 55.8 cm³/mol. The molecule has 2 N–H and O–H groups in total. The van der Waals surface area contributed by atoms with Crippen LogP contribution in [0.15, 0.2) is 23.9 Å². The maximum absolute atomic E-state index is 13.2. The van der Waals surface area contributed by atoms with Crippen LogP contribution in [0.1, 0.15) is 12.5 Å². The lowest BCUT2D eigenvalue weighted by Crippen LogP contribution is -2.24. The van der Waals surface area contributed by atoms with Gasteiger partial charge >= 0.3 is 5.97 Å². The van der Waals surface area contributed by atoms with E-state index in [1.54, 1.807) is 0 Å². The van der Waals surface area contributed by atoms with Crippen molar-refractivity contribution in [3.05, 3.63) is 41.1 Å². The van der Waals surface area contributed by atoms with Crippen LogP contribution in [0, 0.1) is 11.6 Å². The maximum atomic E-state index is 13.2. The van der Waals surface area contributed by atoms with Gasteiger partial charge in [-0.05, 0) is 24.3 Å². The number of hydrogen-bond donors (Lipinski definition) is 2. The van der Waals surface area contributed by atoms with Gasteiger partial charge < -0.3 is 10.4 Å². The molecular weight excluding hydrogens is 232 g/mol. The third-order valence-corrected chi connectivity index (χ3v) is 1.80. The van der Waals surface area contributed by atoms with Crippen LogP contribution in [-0.4, -0.2) is 17.0 Å². The fourth-order valence-corrected chi connectivity index (χ4v) is 1.12. The fraction of sp³-hybridized carbons (Fsp3) is 0.0909. The van der Waals surface area contributed by atoms with E-state index < -0.39 is 29.2 Å². The number of carboxylic acids is 1. The van der Waals surface area contributed by atoms with E-state index in [1.807, 2.05) is 5.32 Å². The summed E-state index contributed by atoms with van der Waals surface area (Å²) in [5.74, 6) is -3.54. The first-order valence-electron chi connectivity index (χ1n) is 4.58. The molecule has 90 valence electrons. The lowest BCUT2D eigenvalue weighted by molar-refractivity contribution is -0.134. The number of amides is 1. The van der Waals surface area contributed by atoms with Gasteiger partial charge in [0.1, 0.15) is 17.3 Å². The van der Waals surface area contributed by atoms with E-state index >= 15 is 0 Å². The molecule has 1 aromatic carbocycles. The topological polar surface area (TPSA) is 66.4 Å². The van der Waals surface area contributed by atoms with Gasteiger partial charge in [-0.1, -0.05) is 0 Å². The van der Waals surface area contributed by atoms with Crippen molar-refractivity contribution in [2.75, 3.05) is 0 Å². The molecule has 0 atom stereocenters. The molecule has 0 saturated carbocycles. The summed E-state index contributed by atoms with van der Waals surface area (Å²) >= 11 is 0. The summed E-state index contributed by atoms with van der Waals surface area (Å²) in [6.07, 6.45) is 0.849. The van der Waals surface area contributed by atoms with Crippen LogP contribution in [-0.2, 0) is 9.59 Å². The third kappa shape index (κ3) is 3.67. The lowest BCUT2D eigenvalue weighted by Gasteiger charge is -2.03. The zero-order valence-corrected chi connectivity index (χ0v) is 8.83. The van der Waals surface area contributed by atoms with Crippen molar-refractivity contribution in [1.29, 1.82) is 0 Å². The smallest absolute Gasteiger partial charge is 0.352 e. The highest BCUT2D eigenvalue weighted by molar-refractivity contribution is 5.96. The molecule has 4 nitrogen and oxygen atoms in total. The van der Waals surface area contributed by atoms with Crippen molar-refractivity contribution in [1.82, 2.24) is 5.32 Å². The van der Waals surface area contributed by atoms with E-state index in [4.69, 9.17) is 5.11 Å². The third-order valence-electron chi connectivity index (χ3n) is 1.80. The first kappa shape index (κ1) is 12.8. The highest BCUT2D eigenvalue weighted by Crippen LogP contribution is 2.13. The van der Waals surface area contributed by atoms with E-state index in [2.05, 4.69) is 0 Å². The van der Waals surface area contributed by atoms with Crippen molar-refractivity contribution in [3.63, 3.8) is 0 Å². The normalized spacial score (nSPS) is 11.1. The van der Waals surface area contributed by atoms with E-state index in [0.717, 1.165) is 31.2 Å². The number of aliphatic carboxylic acids is 1. The Morgan fingerprint density at radius 1 is 1.35 bits per heavy atom. The van der Waals surface area contributed by atoms with Crippen molar-refractivity contribution in [2.24, 2.45) is 0 Å². The number of benzene rings is 1. The van der Waals surface area contributed by atoms with Crippen LogP contribution in [0.2, 0.25) is 0 Å². The average molecular weight is 241 g/mol. The van der Waals surface area contributed by atoms with Crippen molar-refractivity contribution >= 4 is 18.0 Å². The molecule has 6 heteroatoms. The second-order valence-electron chi connectivity index (χ2n) is 3.21. The van der Waals surface area contributed by atoms with Gasteiger partial charge in [0.05, 0.1) is 0 Å². The van der Waals surface area contributed by atoms with Gasteiger partial charge in [0.15, 0.2) is 0 Å². The first-order chi connectivity index (χ1) is 7.90. The minimum absolute atomic E-state index is 0.254. The molecule has 0 bridgehead atoms. The standard InChI is InChI=1S/C11H9F2NO3/c1-6(15)14-10(11(16)17)5-7-4-8(12)2-3-9(7)13/h2-5H,1H3,(H,14,15)(H,16,17)/b10-5-. The second-order valence-corrected chi connectivity index (χ2v) is 3.21. The molecule has 1 amide bonds. The van der Waals surface area contributed by atoms with Gasteiger partial charge in [-0.15, -0.1) is 0 Å². The number of carbonyl (C=O) groups is 2. The SMILES string of the molecule is CC(=O)N/C(=C\c1cc(F)ccc1F)C(=O)O. The summed E-state index contributed by atoms with van der Waals surface area (Å²) in [5.41, 5.74) is -0.779. The Morgan fingerprint density at radius 2 is 2.00 bits per heavy atom. The second kappa shape index (κ2) is 5.20. The van der Waals surface area contributed by atoms with Crippen LogP contribution in [0.5, 0.6) is 0 Å². The summed E-state index contributed by atoms with van der Waals surface area (Å²) in [6.45, 7) is 1.11. The van der Waals surface area contributed by atoms with E-state index in [-0.39, 0.29) is 5.56 Å². The Morgan fingerprint density at radius 3 is 2.53 bits per heavy atom. The monoisotopic (exact) mass is 241 g/mol. The summed E-state index contributed by atoms with van der Waals surface area (Å²) in [4.78, 5) is 21.5. The number of hydrogen-bond acceptors (Lipinski definition) is 2. The summed E-state index contributed by atoms with van der Waals surface area (Å²) in [5, 5.41) is 10.8. The number of carbonyl (C=O) groups excluding carboxylic acids is 1. The molecule has 1 rings (SSSR count). The van der Waals surface area contributed by atoms with Crippen molar-refractivity contribution in [3.8, 4) is 0 Å². The van der Waals surface area contributed by atoms with Gasteiger partial charge in [-0.3, -0.25) is 4.79 Å². The predicted octanol–water partition coefficient (Wildman–Crippen LogP) is 1.53. The zero-order chi connectivity index (χ0) is 13.0. The lowest BCUT2D eigenvalue weighted by atomic mass is 10.1. The van der Waals surface area contributed by atoms with Crippen LogP contribution in [0.25, 0.3) is 6.08 Å². The van der Waals surface area contributed by atoms with Gasteiger partial charge in [-0.2, -0.15) is 0 Å². The van der Waals surface area contributed by atoms with E-state index in [0.29, 0.717) is 0 Å². The molecule has 17 heavy (non-hydrogen) atoms. The molecule has 1 aromatic rings. The number of halogens is 2. The Kier molecular flexibility index (Phi) is 3.92. The molecule has 0 radical (unpaired) electrons. The zero-order valence-electron chi connectivity index (χ0n) is 8.83. The molecule has 0 fully saturated rings. The fourth-order valence-electron chi connectivity index (χ4n) is 1.12. The van der Waals surface area contributed by atoms with Crippen LogP contribution in [0.3, 0.4) is 0 Å². The van der Waals surface area contributed by atoms with Gasteiger partial charge in [-0.25, -0.2) is 13.6 Å². The average Bonchev–Trinajstić information content (AvgIpc) is 2.21. The quantitative estimate of drug-likeness (QED) is 0.788. The minimum atomic E-state index is -1.44. The molecule has 0 aliphatic rings. The van der Waals surface area contributed by atoms with E-state index in [9.17, 15) is 18.4 Å². The Bertz CT molecular complexity index is 497. The Balaban J connectivity index is 3.16. The Labute approximate surface area is 95.6 Å². The maximum Gasteiger partial charge on any atom is 0.352 e. The van der Waals surface area contributed by atoms with Crippen molar-refractivity contribution in [2.45, 2.75) is 6.92 Å². The highest BCUT2D eigenvalue weighted by atomic mass is 19.1. The molecule has 0 saturated heterocycles. The van der Waals surface area contributed by atoms with E-state index in [1.165, 1.54) is 0 Å². The summed E-state index contributed by atoms with van der Waals surface area (Å²) < 4.78 is 26.0.